The SMILES string of the molecule is CC(=O)N1CCN(Cc2cc(Cl)cc3cncn23)CC1(C)C. The van der Waals surface area contributed by atoms with Gasteiger partial charge in [0, 0.05) is 49.4 Å². The first-order valence-corrected chi connectivity index (χ1v) is 7.86. The molecule has 0 saturated carbocycles. The number of pyridine rings is 1. The normalized spacial score (nSPS) is 18.8. The molecule has 0 atom stereocenters. The van der Waals surface area contributed by atoms with E-state index in [0.29, 0.717) is 0 Å². The second-order valence-electron chi connectivity index (χ2n) is 6.55. The van der Waals surface area contributed by atoms with E-state index in [-0.39, 0.29) is 11.4 Å². The van der Waals surface area contributed by atoms with Crippen LogP contribution in [0, 0.1) is 0 Å². The largest absolute Gasteiger partial charge is 0.335 e. The van der Waals surface area contributed by atoms with E-state index < -0.39 is 0 Å². The molecule has 1 fully saturated rings. The van der Waals surface area contributed by atoms with Crippen molar-refractivity contribution in [3.8, 4) is 0 Å². The summed E-state index contributed by atoms with van der Waals surface area (Å²) in [5.41, 5.74) is 1.97. The molecule has 0 aromatic carbocycles. The summed E-state index contributed by atoms with van der Waals surface area (Å²) in [5.74, 6) is 0.143. The van der Waals surface area contributed by atoms with Crippen molar-refractivity contribution in [3.05, 3.63) is 35.4 Å². The van der Waals surface area contributed by atoms with Crippen LogP contribution in [0.5, 0.6) is 0 Å². The highest BCUT2D eigenvalue weighted by atomic mass is 35.5. The van der Waals surface area contributed by atoms with Crippen LogP contribution in [0.15, 0.2) is 24.7 Å². The predicted molar refractivity (Wildman–Crippen MR) is 86.9 cm³/mol. The molecule has 0 aliphatic carbocycles. The topological polar surface area (TPSA) is 40.9 Å². The van der Waals surface area contributed by atoms with E-state index in [4.69, 9.17) is 11.6 Å². The lowest BCUT2D eigenvalue weighted by atomic mass is 9.98. The third-order valence-corrected chi connectivity index (χ3v) is 4.53. The highest BCUT2D eigenvalue weighted by Crippen LogP contribution is 2.24. The van der Waals surface area contributed by atoms with Crippen molar-refractivity contribution in [2.45, 2.75) is 32.9 Å². The Hall–Kier alpha value is -1.59. The van der Waals surface area contributed by atoms with E-state index in [1.54, 1.807) is 6.92 Å². The number of rotatable bonds is 2. The Morgan fingerprint density at radius 2 is 2.14 bits per heavy atom. The zero-order valence-corrected chi connectivity index (χ0v) is 14.0. The second-order valence-corrected chi connectivity index (χ2v) is 6.98. The van der Waals surface area contributed by atoms with Crippen LogP contribution in [0.2, 0.25) is 5.02 Å². The number of carbonyl (C=O) groups is 1. The lowest BCUT2D eigenvalue weighted by molar-refractivity contribution is -0.138. The zero-order valence-electron chi connectivity index (χ0n) is 13.2. The Kier molecular flexibility index (Phi) is 3.87. The molecule has 3 rings (SSSR count). The quantitative estimate of drug-likeness (QED) is 0.853. The maximum Gasteiger partial charge on any atom is 0.219 e. The molecule has 0 spiro atoms. The number of hydrogen-bond donors (Lipinski definition) is 0. The van der Waals surface area contributed by atoms with Gasteiger partial charge in [-0.3, -0.25) is 9.69 Å². The van der Waals surface area contributed by atoms with Crippen LogP contribution in [0.4, 0.5) is 0 Å². The highest BCUT2D eigenvalue weighted by molar-refractivity contribution is 6.30. The van der Waals surface area contributed by atoms with Gasteiger partial charge in [0.15, 0.2) is 0 Å². The molecule has 5 nitrogen and oxygen atoms in total. The minimum absolute atomic E-state index is 0.143. The number of hydrogen-bond acceptors (Lipinski definition) is 3. The molecule has 3 heterocycles. The summed E-state index contributed by atoms with van der Waals surface area (Å²) in [6.07, 6.45) is 3.63. The van der Waals surface area contributed by atoms with Crippen LogP contribution in [0.1, 0.15) is 26.5 Å². The van der Waals surface area contributed by atoms with E-state index in [1.165, 1.54) is 0 Å². The van der Waals surface area contributed by atoms with E-state index >= 15 is 0 Å². The summed E-state index contributed by atoms with van der Waals surface area (Å²) in [4.78, 5) is 20.3. The molecular formula is C16H21ClN4O. The Morgan fingerprint density at radius 1 is 1.36 bits per heavy atom. The molecule has 2 aromatic rings. The molecule has 1 amide bonds. The van der Waals surface area contributed by atoms with Gasteiger partial charge in [-0.1, -0.05) is 11.6 Å². The average Bonchev–Trinajstić information content (AvgIpc) is 2.85. The second kappa shape index (κ2) is 5.56. The molecule has 0 bridgehead atoms. The summed E-state index contributed by atoms with van der Waals surface area (Å²) in [7, 11) is 0. The van der Waals surface area contributed by atoms with Crippen molar-refractivity contribution in [1.29, 1.82) is 0 Å². The number of nitrogens with zero attached hydrogens (tertiary/aromatic N) is 4. The molecule has 6 heteroatoms. The minimum Gasteiger partial charge on any atom is -0.335 e. The molecular weight excluding hydrogens is 300 g/mol. The van der Waals surface area contributed by atoms with Gasteiger partial charge in [-0.25, -0.2) is 4.98 Å². The first-order valence-electron chi connectivity index (χ1n) is 7.48. The van der Waals surface area contributed by atoms with Gasteiger partial charge in [0.25, 0.3) is 0 Å². The third kappa shape index (κ3) is 2.83. The number of halogens is 1. The van der Waals surface area contributed by atoms with Crippen LogP contribution < -0.4 is 0 Å². The van der Waals surface area contributed by atoms with Crippen molar-refractivity contribution in [1.82, 2.24) is 19.2 Å². The van der Waals surface area contributed by atoms with Gasteiger partial charge < -0.3 is 9.30 Å². The fourth-order valence-corrected chi connectivity index (χ4v) is 3.63. The first-order chi connectivity index (χ1) is 10.4. The van der Waals surface area contributed by atoms with Gasteiger partial charge in [-0.05, 0) is 26.0 Å². The number of aromatic nitrogens is 2. The Morgan fingerprint density at radius 3 is 2.82 bits per heavy atom. The molecule has 22 heavy (non-hydrogen) atoms. The van der Waals surface area contributed by atoms with Gasteiger partial charge in [-0.2, -0.15) is 0 Å². The lowest BCUT2D eigenvalue weighted by Crippen LogP contribution is -2.60. The maximum absolute atomic E-state index is 11.7. The average molecular weight is 321 g/mol. The molecule has 118 valence electrons. The predicted octanol–water partition coefficient (Wildman–Crippen LogP) is 2.43. The van der Waals surface area contributed by atoms with Crippen molar-refractivity contribution < 1.29 is 4.79 Å². The molecule has 1 saturated heterocycles. The van der Waals surface area contributed by atoms with E-state index in [0.717, 1.165) is 42.4 Å². The number of fused-ring (bicyclic) bond motifs is 1. The fraction of sp³-hybridized carbons (Fsp3) is 0.500. The monoisotopic (exact) mass is 320 g/mol. The minimum atomic E-state index is -0.156. The van der Waals surface area contributed by atoms with Crippen molar-refractivity contribution in [3.63, 3.8) is 0 Å². The van der Waals surface area contributed by atoms with Crippen molar-refractivity contribution in [2.24, 2.45) is 0 Å². The summed E-state index contributed by atoms with van der Waals surface area (Å²) in [5, 5.41) is 0.727. The molecule has 0 unspecified atom stereocenters. The van der Waals surface area contributed by atoms with E-state index in [2.05, 4.69) is 28.1 Å². The van der Waals surface area contributed by atoms with Crippen molar-refractivity contribution >= 4 is 23.0 Å². The number of imidazole rings is 1. The van der Waals surface area contributed by atoms with Crippen LogP contribution >= 0.6 is 11.6 Å². The Balaban J connectivity index is 1.82. The lowest BCUT2D eigenvalue weighted by Gasteiger charge is -2.46. The highest BCUT2D eigenvalue weighted by Gasteiger charge is 2.35. The number of amides is 1. The van der Waals surface area contributed by atoms with E-state index in [9.17, 15) is 4.79 Å². The Labute approximate surface area is 135 Å². The molecule has 0 N–H and O–H groups in total. The van der Waals surface area contributed by atoms with Gasteiger partial charge >= 0.3 is 0 Å². The van der Waals surface area contributed by atoms with Crippen LogP contribution in [0.25, 0.3) is 5.52 Å². The van der Waals surface area contributed by atoms with E-state index in [1.807, 2.05) is 29.6 Å². The van der Waals surface area contributed by atoms with Crippen LogP contribution in [-0.2, 0) is 11.3 Å². The van der Waals surface area contributed by atoms with Crippen LogP contribution in [-0.4, -0.2) is 50.3 Å². The number of piperazine rings is 1. The first kappa shape index (κ1) is 15.3. The van der Waals surface area contributed by atoms with Gasteiger partial charge in [-0.15, -0.1) is 0 Å². The fourth-order valence-electron chi connectivity index (χ4n) is 3.39. The summed E-state index contributed by atoms with van der Waals surface area (Å²) in [6.45, 7) is 9.14. The summed E-state index contributed by atoms with van der Waals surface area (Å²) >= 11 is 6.21. The molecule has 1 aliphatic heterocycles. The van der Waals surface area contributed by atoms with Crippen molar-refractivity contribution in [2.75, 3.05) is 19.6 Å². The Bertz CT molecular complexity index is 709. The van der Waals surface area contributed by atoms with Gasteiger partial charge in [0.1, 0.15) is 0 Å². The maximum atomic E-state index is 11.7. The summed E-state index contributed by atoms with van der Waals surface area (Å²) in [6, 6.07) is 3.90. The third-order valence-electron chi connectivity index (χ3n) is 4.31. The van der Waals surface area contributed by atoms with Crippen LogP contribution in [0.3, 0.4) is 0 Å². The van der Waals surface area contributed by atoms with Gasteiger partial charge in [0.2, 0.25) is 5.91 Å². The molecule has 0 radical (unpaired) electrons. The smallest absolute Gasteiger partial charge is 0.219 e. The standard InChI is InChI=1S/C16H21ClN4O/c1-12(22)21-5-4-19(10-16(21,2)3)9-15-7-13(17)6-14-8-18-11-20(14)15/h6-8,11H,4-5,9-10H2,1-3H3. The molecule has 1 aliphatic rings. The molecule has 2 aromatic heterocycles. The van der Waals surface area contributed by atoms with Gasteiger partial charge in [0.05, 0.1) is 18.0 Å². The summed E-state index contributed by atoms with van der Waals surface area (Å²) < 4.78 is 2.07. The zero-order chi connectivity index (χ0) is 15.9. The number of carbonyl (C=O) groups excluding carboxylic acids is 1.